The lowest BCUT2D eigenvalue weighted by molar-refractivity contribution is 0.116. The van der Waals surface area contributed by atoms with Crippen LogP contribution in [-0.4, -0.2) is 28.4 Å². The van der Waals surface area contributed by atoms with Crippen LogP contribution in [-0.2, 0) is 11.8 Å². The zero-order chi connectivity index (χ0) is 14.8. The Hall–Kier alpha value is -0.750. The molecule has 0 aliphatic rings. The average molecular weight is 356 g/mol. The van der Waals surface area contributed by atoms with Crippen molar-refractivity contribution in [1.82, 2.24) is 4.98 Å². The molecular weight excluding hydrogens is 338 g/mol. The number of aliphatic hydroxyl groups excluding tert-OH is 2. The molecule has 0 saturated heterocycles. The van der Waals surface area contributed by atoms with E-state index in [0.29, 0.717) is 6.42 Å². The Bertz CT molecular complexity index is 574. The number of nitrogens with zero attached hydrogens (tertiary/aromatic N) is 1. The fourth-order valence-electron chi connectivity index (χ4n) is 2.17. The monoisotopic (exact) mass is 355 g/mol. The van der Waals surface area contributed by atoms with Crippen molar-refractivity contribution in [2.45, 2.75) is 25.7 Å². The number of hydrogen-bond acceptors (Lipinski definition) is 4. The molecule has 0 radical (unpaired) electrons. The largest absolute Gasteiger partial charge is 0.395 e. The van der Waals surface area contributed by atoms with E-state index in [1.165, 1.54) is 4.88 Å². The molecule has 2 N–H and O–H groups in total. The van der Waals surface area contributed by atoms with Gasteiger partial charge in [0.05, 0.1) is 23.9 Å². The maximum atomic E-state index is 9.86. The lowest BCUT2D eigenvalue weighted by Crippen LogP contribution is -2.37. The second-order valence-electron chi connectivity index (χ2n) is 5.03. The van der Waals surface area contributed by atoms with Crippen molar-refractivity contribution >= 4 is 27.3 Å². The molecule has 1 aromatic carbocycles. The molecule has 20 heavy (non-hydrogen) atoms. The molecular formula is C15H18BrNO2S. The molecule has 0 atom stereocenters. The summed E-state index contributed by atoms with van der Waals surface area (Å²) in [5, 5.41) is 20.7. The van der Waals surface area contributed by atoms with Crippen LogP contribution in [0.15, 0.2) is 28.7 Å². The standard InChI is InChI=1S/C15H18BrNO2S/c1-10-11(2)20-14(17-10)7-15(8-18,9-19)12-4-3-5-13(16)6-12/h3-6,18-19H,7-9H2,1-2H3. The van der Waals surface area contributed by atoms with Crippen LogP contribution >= 0.6 is 27.3 Å². The van der Waals surface area contributed by atoms with Crippen LogP contribution in [0.1, 0.15) is 21.1 Å². The number of hydrogen-bond donors (Lipinski definition) is 2. The number of thiazole rings is 1. The first kappa shape index (κ1) is 15.6. The third kappa shape index (κ3) is 3.11. The van der Waals surface area contributed by atoms with Crippen molar-refractivity contribution < 1.29 is 10.2 Å². The Balaban J connectivity index is 2.39. The van der Waals surface area contributed by atoms with Gasteiger partial charge in [0, 0.05) is 21.2 Å². The van der Waals surface area contributed by atoms with Gasteiger partial charge in [-0.2, -0.15) is 0 Å². The summed E-state index contributed by atoms with van der Waals surface area (Å²) in [5.41, 5.74) is 1.24. The van der Waals surface area contributed by atoms with E-state index < -0.39 is 5.41 Å². The summed E-state index contributed by atoms with van der Waals surface area (Å²) < 4.78 is 0.938. The third-order valence-corrected chi connectivity index (χ3v) is 5.17. The summed E-state index contributed by atoms with van der Waals surface area (Å²) in [6, 6.07) is 7.73. The van der Waals surface area contributed by atoms with Crippen LogP contribution in [0.25, 0.3) is 0 Å². The maximum absolute atomic E-state index is 9.86. The molecule has 2 rings (SSSR count). The summed E-state index contributed by atoms with van der Waals surface area (Å²) in [6.07, 6.45) is 0.538. The Morgan fingerprint density at radius 3 is 2.45 bits per heavy atom. The Kier molecular flexibility index (Phi) is 4.96. The van der Waals surface area contributed by atoms with Crippen molar-refractivity contribution in [3.05, 3.63) is 49.9 Å². The molecule has 0 unspecified atom stereocenters. The van der Waals surface area contributed by atoms with E-state index >= 15 is 0 Å². The van der Waals surface area contributed by atoms with Crippen molar-refractivity contribution in [3.63, 3.8) is 0 Å². The predicted molar refractivity (Wildman–Crippen MR) is 85.3 cm³/mol. The minimum atomic E-state index is -0.694. The molecule has 0 amide bonds. The highest BCUT2D eigenvalue weighted by Crippen LogP contribution is 2.31. The van der Waals surface area contributed by atoms with E-state index in [2.05, 4.69) is 20.9 Å². The van der Waals surface area contributed by atoms with E-state index in [1.807, 2.05) is 38.1 Å². The summed E-state index contributed by atoms with van der Waals surface area (Å²) in [6.45, 7) is 3.79. The molecule has 0 aliphatic heterocycles. The molecule has 0 saturated carbocycles. The second-order valence-corrected chi connectivity index (χ2v) is 7.24. The quantitative estimate of drug-likeness (QED) is 0.866. The number of aryl methyl sites for hydroxylation is 2. The average Bonchev–Trinajstić information content (AvgIpc) is 2.75. The van der Waals surface area contributed by atoms with Gasteiger partial charge in [-0.1, -0.05) is 28.1 Å². The van der Waals surface area contributed by atoms with E-state index in [-0.39, 0.29) is 13.2 Å². The second kappa shape index (κ2) is 6.35. The Morgan fingerprint density at radius 1 is 1.25 bits per heavy atom. The highest BCUT2D eigenvalue weighted by atomic mass is 79.9. The molecule has 2 aromatic rings. The van der Waals surface area contributed by atoms with Gasteiger partial charge in [0.25, 0.3) is 0 Å². The van der Waals surface area contributed by atoms with Gasteiger partial charge in [0.15, 0.2) is 0 Å². The van der Waals surface area contributed by atoms with Crippen molar-refractivity contribution in [3.8, 4) is 0 Å². The van der Waals surface area contributed by atoms with Crippen LogP contribution in [0.2, 0.25) is 0 Å². The molecule has 5 heteroatoms. The topological polar surface area (TPSA) is 53.4 Å². The number of rotatable bonds is 5. The maximum Gasteiger partial charge on any atom is 0.0941 e. The van der Waals surface area contributed by atoms with Crippen LogP contribution < -0.4 is 0 Å². The van der Waals surface area contributed by atoms with Gasteiger partial charge in [0.1, 0.15) is 0 Å². The van der Waals surface area contributed by atoms with Gasteiger partial charge in [-0.3, -0.25) is 0 Å². The van der Waals surface area contributed by atoms with Gasteiger partial charge in [-0.25, -0.2) is 4.98 Å². The van der Waals surface area contributed by atoms with Gasteiger partial charge < -0.3 is 10.2 Å². The van der Waals surface area contributed by atoms with E-state index in [4.69, 9.17) is 0 Å². The van der Waals surface area contributed by atoms with Crippen molar-refractivity contribution in [2.24, 2.45) is 0 Å². The number of halogens is 1. The number of benzene rings is 1. The SMILES string of the molecule is Cc1nc(CC(CO)(CO)c2cccc(Br)c2)sc1C. The lowest BCUT2D eigenvalue weighted by atomic mass is 9.79. The molecule has 0 fully saturated rings. The van der Waals surface area contributed by atoms with Gasteiger partial charge in [-0.15, -0.1) is 11.3 Å². The first-order valence-corrected chi connectivity index (χ1v) is 8.02. The molecule has 1 aromatic heterocycles. The fraction of sp³-hybridized carbons (Fsp3) is 0.400. The van der Waals surface area contributed by atoms with Crippen molar-refractivity contribution in [2.75, 3.05) is 13.2 Å². The van der Waals surface area contributed by atoms with Crippen LogP contribution in [0.4, 0.5) is 0 Å². The zero-order valence-electron chi connectivity index (χ0n) is 11.6. The summed E-state index contributed by atoms with van der Waals surface area (Å²) in [7, 11) is 0. The van der Waals surface area contributed by atoms with Crippen LogP contribution in [0, 0.1) is 13.8 Å². The molecule has 0 spiro atoms. The molecule has 0 aliphatic carbocycles. The van der Waals surface area contributed by atoms with Gasteiger partial charge >= 0.3 is 0 Å². The van der Waals surface area contributed by atoms with Crippen molar-refractivity contribution in [1.29, 1.82) is 0 Å². The smallest absolute Gasteiger partial charge is 0.0941 e. The summed E-state index contributed by atoms with van der Waals surface area (Å²) in [4.78, 5) is 5.70. The van der Waals surface area contributed by atoms with Crippen LogP contribution in [0.3, 0.4) is 0 Å². The minimum Gasteiger partial charge on any atom is -0.395 e. The zero-order valence-corrected chi connectivity index (χ0v) is 14.0. The van der Waals surface area contributed by atoms with E-state index in [1.54, 1.807) is 11.3 Å². The lowest BCUT2D eigenvalue weighted by Gasteiger charge is -2.29. The number of aliphatic hydroxyl groups is 2. The highest BCUT2D eigenvalue weighted by molar-refractivity contribution is 9.10. The first-order valence-electron chi connectivity index (χ1n) is 6.41. The summed E-state index contributed by atoms with van der Waals surface area (Å²) in [5.74, 6) is 0. The normalized spacial score (nSPS) is 11.8. The van der Waals surface area contributed by atoms with Crippen LogP contribution in [0.5, 0.6) is 0 Å². The molecule has 3 nitrogen and oxygen atoms in total. The Morgan fingerprint density at radius 2 is 1.95 bits per heavy atom. The predicted octanol–water partition coefficient (Wildman–Crippen LogP) is 2.99. The Labute approximate surface area is 131 Å². The first-order chi connectivity index (χ1) is 9.50. The molecule has 0 bridgehead atoms. The highest BCUT2D eigenvalue weighted by Gasteiger charge is 2.33. The van der Waals surface area contributed by atoms with Gasteiger partial charge in [-0.05, 0) is 31.5 Å². The van der Waals surface area contributed by atoms with E-state index in [9.17, 15) is 10.2 Å². The fourth-order valence-corrected chi connectivity index (χ4v) is 3.65. The molecule has 108 valence electrons. The third-order valence-electron chi connectivity index (χ3n) is 3.60. The summed E-state index contributed by atoms with van der Waals surface area (Å²) >= 11 is 5.06. The van der Waals surface area contributed by atoms with E-state index in [0.717, 1.165) is 20.7 Å². The molecule has 1 heterocycles. The number of aromatic nitrogens is 1. The minimum absolute atomic E-state index is 0.113. The van der Waals surface area contributed by atoms with Gasteiger partial charge in [0.2, 0.25) is 0 Å².